The first-order valence-corrected chi connectivity index (χ1v) is 9.74. The monoisotopic (exact) mass is 338 g/mol. The molecular formula is C20H38N2O2. The Bertz CT molecular complexity index is 362. The summed E-state index contributed by atoms with van der Waals surface area (Å²) in [6, 6.07) is 0. The molecule has 2 amide bonds. The second-order valence-corrected chi connectivity index (χ2v) is 6.81. The molecule has 24 heavy (non-hydrogen) atoms. The molecule has 0 bridgehead atoms. The molecule has 0 spiro atoms. The van der Waals surface area contributed by atoms with Crippen LogP contribution in [0.25, 0.3) is 0 Å². The Morgan fingerprint density at radius 1 is 0.875 bits per heavy atom. The van der Waals surface area contributed by atoms with E-state index >= 15 is 0 Å². The van der Waals surface area contributed by atoms with Crippen molar-refractivity contribution in [3.05, 3.63) is 12.2 Å². The SMILES string of the molecule is CCCCC(CC)CN(CC(CC)CCCC)C(=O)C=CC(N)=O. The van der Waals surface area contributed by atoms with Crippen molar-refractivity contribution in [2.24, 2.45) is 17.6 Å². The van der Waals surface area contributed by atoms with Gasteiger partial charge in [-0.15, -0.1) is 0 Å². The third-order valence-corrected chi connectivity index (χ3v) is 4.75. The maximum atomic E-state index is 12.5. The van der Waals surface area contributed by atoms with Gasteiger partial charge >= 0.3 is 0 Å². The third-order valence-electron chi connectivity index (χ3n) is 4.75. The van der Waals surface area contributed by atoms with E-state index in [0.29, 0.717) is 11.8 Å². The molecule has 0 saturated heterocycles. The van der Waals surface area contributed by atoms with Crippen LogP contribution < -0.4 is 5.73 Å². The zero-order valence-corrected chi connectivity index (χ0v) is 16.2. The van der Waals surface area contributed by atoms with Gasteiger partial charge in [-0.25, -0.2) is 0 Å². The fourth-order valence-corrected chi connectivity index (χ4v) is 2.97. The summed E-state index contributed by atoms with van der Waals surface area (Å²) in [6.45, 7) is 10.3. The minimum absolute atomic E-state index is 0.0845. The maximum Gasteiger partial charge on any atom is 0.246 e. The van der Waals surface area contributed by atoms with Crippen LogP contribution in [0.15, 0.2) is 12.2 Å². The van der Waals surface area contributed by atoms with Gasteiger partial charge in [0.05, 0.1) is 0 Å². The standard InChI is InChI=1S/C20H38N2O2/c1-5-9-11-17(7-3)15-22(20(24)14-13-19(21)23)16-18(8-4)12-10-6-2/h13-14,17-18H,5-12,15-16H2,1-4H3,(H2,21,23). The number of amides is 2. The van der Waals surface area contributed by atoms with Crippen molar-refractivity contribution in [3.63, 3.8) is 0 Å². The van der Waals surface area contributed by atoms with Gasteiger partial charge < -0.3 is 10.6 Å². The van der Waals surface area contributed by atoms with Crippen molar-refractivity contribution in [2.75, 3.05) is 13.1 Å². The highest BCUT2D eigenvalue weighted by molar-refractivity contribution is 5.96. The summed E-state index contributed by atoms with van der Waals surface area (Å²) < 4.78 is 0. The van der Waals surface area contributed by atoms with Crippen molar-refractivity contribution >= 4 is 11.8 Å². The predicted molar refractivity (Wildman–Crippen MR) is 102 cm³/mol. The molecule has 140 valence electrons. The van der Waals surface area contributed by atoms with Crippen LogP contribution >= 0.6 is 0 Å². The molecule has 4 nitrogen and oxygen atoms in total. The van der Waals surface area contributed by atoms with E-state index in [-0.39, 0.29) is 5.91 Å². The first kappa shape index (κ1) is 22.7. The van der Waals surface area contributed by atoms with Crippen LogP contribution in [0, 0.1) is 11.8 Å². The van der Waals surface area contributed by atoms with Crippen molar-refractivity contribution in [2.45, 2.75) is 79.1 Å². The summed E-state index contributed by atoms with van der Waals surface area (Å²) in [6.07, 6.45) is 11.7. The molecule has 0 aromatic heterocycles. The minimum Gasteiger partial charge on any atom is -0.366 e. The highest BCUT2D eigenvalue weighted by Crippen LogP contribution is 2.19. The lowest BCUT2D eigenvalue weighted by molar-refractivity contribution is -0.127. The number of primary amides is 1. The largest absolute Gasteiger partial charge is 0.366 e. The van der Waals surface area contributed by atoms with E-state index in [2.05, 4.69) is 27.7 Å². The third kappa shape index (κ3) is 10.5. The molecule has 2 atom stereocenters. The number of rotatable bonds is 14. The van der Waals surface area contributed by atoms with Gasteiger partial charge in [0.15, 0.2) is 0 Å². The normalized spacial score (nSPS) is 13.8. The van der Waals surface area contributed by atoms with Gasteiger partial charge in [-0.2, -0.15) is 0 Å². The number of unbranched alkanes of at least 4 members (excludes halogenated alkanes) is 2. The molecule has 0 aliphatic rings. The van der Waals surface area contributed by atoms with E-state index in [9.17, 15) is 9.59 Å². The molecule has 2 unspecified atom stereocenters. The summed E-state index contributed by atoms with van der Waals surface area (Å²) in [4.78, 5) is 25.4. The van der Waals surface area contributed by atoms with E-state index in [1.807, 2.05) is 4.90 Å². The summed E-state index contributed by atoms with van der Waals surface area (Å²) >= 11 is 0. The van der Waals surface area contributed by atoms with Gasteiger partial charge in [0.1, 0.15) is 0 Å². The summed E-state index contributed by atoms with van der Waals surface area (Å²) in [5, 5.41) is 0. The lowest BCUT2D eigenvalue weighted by Crippen LogP contribution is -2.38. The Labute approximate surface area is 148 Å². The quantitative estimate of drug-likeness (QED) is 0.480. The lowest BCUT2D eigenvalue weighted by Gasteiger charge is -2.30. The number of hydrogen-bond acceptors (Lipinski definition) is 2. The fraction of sp³-hybridized carbons (Fsp3) is 0.800. The van der Waals surface area contributed by atoms with E-state index in [1.54, 1.807) is 0 Å². The second-order valence-electron chi connectivity index (χ2n) is 6.81. The van der Waals surface area contributed by atoms with Crippen molar-refractivity contribution in [1.29, 1.82) is 0 Å². The zero-order chi connectivity index (χ0) is 18.4. The first-order valence-electron chi connectivity index (χ1n) is 9.74. The van der Waals surface area contributed by atoms with Crippen LogP contribution in [0.4, 0.5) is 0 Å². The molecule has 0 rings (SSSR count). The number of nitrogens with two attached hydrogens (primary N) is 1. The highest BCUT2D eigenvalue weighted by atomic mass is 16.2. The van der Waals surface area contributed by atoms with Crippen LogP contribution in [0.2, 0.25) is 0 Å². The van der Waals surface area contributed by atoms with Crippen molar-refractivity contribution < 1.29 is 9.59 Å². The van der Waals surface area contributed by atoms with Gasteiger partial charge in [-0.05, 0) is 24.7 Å². The maximum absolute atomic E-state index is 12.5. The van der Waals surface area contributed by atoms with Gasteiger partial charge in [-0.1, -0.05) is 66.2 Å². The topological polar surface area (TPSA) is 63.4 Å². The Morgan fingerprint density at radius 3 is 1.67 bits per heavy atom. The van der Waals surface area contributed by atoms with Gasteiger partial charge in [0.25, 0.3) is 0 Å². The molecule has 0 heterocycles. The molecule has 0 fully saturated rings. The summed E-state index contributed by atoms with van der Waals surface area (Å²) in [5.41, 5.74) is 5.13. The number of carbonyl (C=O) groups excluding carboxylic acids is 2. The molecule has 0 radical (unpaired) electrons. The van der Waals surface area contributed by atoms with E-state index < -0.39 is 5.91 Å². The fourth-order valence-electron chi connectivity index (χ4n) is 2.97. The van der Waals surface area contributed by atoms with Crippen LogP contribution in [0.5, 0.6) is 0 Å². The van der Waals surface area contributed by atoms with Crippen LogP contribution in [0.1, 0.15) is 79.1 Å². The molecular weight excluding hydrogens is 300 g/mol. The van der Waals surface area contributed by atoms with Crippen molar-refractivity contribution in [1.82, 2.24) is 4.90 Å². The molecule has 4 heteroatoms. The summed E-state index contributed by atoms with van der Waals surface area (Å²) in [5.74, 6) is 0.400. The molecule has 2 N–H and O–H groups in total. The van der Waals surface area contributed by atoms with E-state index in [1.165, 1.54) is 37.8 Å². The zero-order valence-electron chi connectivity index (χ0n) is 16.2. The Kier molecular flexibility index (Phi) is 13.3. The van der Waals surface area contributed by atoms with Gasteiger partial charge in [0, 0.05) is 25.2 Å². The first-order chi connectivity index (χ1) is 11.5. The van der Waals surface area contributed by atoms with Crippen LogP contribution in [-0.2, 0) is 9.59 Å². The van der Waals surface area contributed by atoms with E-state index in [4.69, 9.17) is 5.73 Å². The molecule has 0 saturated carbocycles. The molecule has 0 aromatic rings. The van der Waals surface area contributed by atoms with Crippen LogP contribution in [-0.4, -0.2) is 29.8 Å². The summed E-state index contributed by atoms with van der Waals surface area (Å²) in [7, 11) is 0. The Hall–Kier alpha value is -1.32. The molecule has 0 aliphatic heterocycles. The number of carbonyl (C=O) groups is 2. The number of nitrogens with zero attached hydrogens (tertiary/aromatic N) is 1. The Balaban J connectivity index is 4.97. The van der Waals surface area contributed by atoms with Gasteiger partial charge in [-0.3, -0.25) is 9.59 Å². The van der Waals surface area contributed by atoms with Gasteiger partial charge in [0.2, 0.25) is 11.8 Å². The Morgan fingerprint density at radius 2 is 1.33 bits per heavy atom. The van der Waals surface area contributed by atoms with Crippen molar-refractivity contribution in [3.8, 4) is 0 Å². The smallest absolute Gasteiger partial charge is 0.246 e. The molecule has 0 aromatic carbocycles. The lowest BCUT2D eigenvalue weighted by atomic mass is 9.95. The average Bonchev–Trinajstić information content (AvgIpc) is 2.58. The minimum atomic E-state index is -0.570. The predicted octanol–water partition coefficient (Wildman–Crippen LogP) is 4.29. The average molecular weight is 339 g/mol. The second kappa shape index (κ2) is 14.1. The molecule has 0 aliphatic carbocycles. The number of hydrogen-bond donors (Lipinski definition) is 1. The van der Waals surface area contributed by atoms with E-state index in [0.717, 1.165) is 38.8 Å². The highest BCUT2D eigenvalue weighted by Gasteiger charge is 2.19. The van der Waals surface area contributed by atoms with Crippen LogP contribution in [0.3, 0.4) is 0 Å².